The lowest BCUT2D eigenvalue weighted by molar-refractivity contribution is 0.0918. The van der Waals surface area contributed by atoms with Gasteiger partial charge >= 0.3 is 5.91 Å². The lowest BCUT2D eigenvalue weighted by atomic mass is 10.0. The summed E-state index contributed by atoms with van der Waals surface area (Å²) in [5, 5.41) is 7.98. The van der Waals surface area contributed by atoms with Crippen LogP contribution in [0.3, 0.4) is 0 Å². The lowest BCUT2D eigenvalue weighted by Gasteiger charge is -2.07. The minimum atomic E-state index is -0.435. The van der Waals surface area contributed by atoms with E-state index in [1.54, 1.807) is 13.0 Å². The maximum Gasteiger partial charge on any atom is 0.309 e. The molecule has 1 N–H and O–H groups in total. The first-order valence-corrected chi connectivity index (χ1v) is 7.16. The van der Waals surface area contributed by atoms with Crippen LogP contribution in [0, 0.1) is 6.92 Å². The van der Waals surface area contributed by atoms with Gasteiger partial charge in [0.05, 0.1) is 11.4 Å². The van der Waals surface area contributed by atoms with Gasteiger partial charge in [0.2, 0.25) is 5.76 Å². The zero-order valence-electron chi connectivity index (χ0n) is 12.6. The number of nitrogens with zero attached hydrogens (tertiary/aromatic N) is 2. The van der Waals surface area contributed by atoms with Crippen LogP contribution in [-0.4, -0.2) is 16.8 Å². The third-order valence-corrected chi connectivity index (χ3v) is 3.22. The molecule has 0 spiro atoms. The molecule has 5 heteroatoms. The van der Waals surface area contributed by atoms with E-state index in [4.69, 9.17) is 4.52 Å². The Morgan fingerprint density at radius 1 is 1.00 bits per heavy atom. The van der Waals surface area contributed by atoms with Crippen molar-refractivity contribution in [1.82, 2.24) is 10.6 Å². The van der Waals surface area contributed by atoms with Crippen LogP contribution in [0.2, 0.25) is 0 Å². The Hall–Kier alpha value is -3.21. The smallest absolute Gasteiger partial charge is 0.309 e. The number of carbonyl (C=O) groups is 1. The van der Waals surface area contributed by atoms with Gasteiger partial charge in [-0.05, 0) is 6.92 Å². The second kappa shape index (κ2) is 6.70. The molecule has 114 valence electrons. The van der Waals surface area contributed by atoms with Gasteiger partial charge in [0, 0.05) is 17.2 Å². The van der Waals surface area contributed by atoms with E-state index >= 15 is 0 Å². The molecule has 0 atom stereocenters. The van der Waals surface area contributed by atoms with Crippen molar-refractivity contribution < 1.29 is 9.32 Å². The van der Waals surface area contributed by atoms with Gasteiger partial charge < -0.3 is 4.52 Å². The molecular weight excluding hydrogens is 290 g/mol. The van der Waals surface area contributed by atoms with E-state index in [0.29, 0.717) is 11.4 Å². The van der Waals surface area contributed by atoms with Gasteiger partial charge in [0.15, 0.2) is 0 Å². The van der Waals surface area contributed by atoms with Crippen LogP contribution >= 0.6 is 0 Å². The molecule has 0 saturated heterocycles. The number of hydrogen-bond acceptors (Lipinski definition) is 4. The number of aromatic nitrogens is 1. The highest BCUT2D eigenvalue weighted by Crippen LogP contribution is 2.10. The average Bonchev–Trinajstić information content (AvgIpc) is 3.03. The van der Waals surface area contributed by atoms with Gasteiger partial charge in [-0.25, -0.2) is 5.43 Å². The molecule has 1 amide bonds. The van der Waals surface area contributed by atoms with Crippen LogP contribution < -0.4 is 5.43 Å². The Morgan fingerprint density at radius 2 is 1.57 bits per heavy atom. The highest BCUT2D eigenvalue weighted by molar-refractivity contribution is 6.13. The number of rotatable bonds is 4. The van der Waals surface area contributed by atoms with Crippen molar-refractivity contribution in [3.63, 3.8) is 0 Å². The monoisotopic (exact) mass is 305 g/mol. The summed E-state index contributed by atoms with van der Waals surface area (Å²) in [5.74, 6) is -0.304. The first-order chi connectivity index (χ1) is 11.2. The van der Waals surface area contributed by atoms with Crippen molar-refractivity contribution in [3.05, 3.63) is 89.3 Å². The molecule has 1 aromatic heterocycles. The van der Waals surface area contributed by atoms with E-state index in [2.05, 4.69) is 15.7 Å². The van der Waals surface area contributed by atoms with Gasteiger partial charge in [-0.15, -0.1) is 0 Å². The lowest BCUT2D eigenvalue weighted by Crippen LogP contribution is -2.20. The summed E-state index contributed by atoms with van der Waals surface area (Å²) >= 11 is 0. The number of benzene rings is 2. The summed E-state index contributed by atoms with van der Waals surface area (Å²) in [7, 11) is 0. The minimum Gasteiger partial charge on any atom is -0.351 e. The van der Waals surface area contributed by atoms with E-state index < -0.39 is 5.91 Å². The SMILES string of the molecule is Cc1cc(C(=O)NN=C(c2ccccc2)c2ccccc2)on1. The number of hydrogen-bond donors (Lipinski definition) is 1. The quantitative estimate of drug-likeness (QED) is 0.594. The molecule has 5 nitrogen and oxygen atoms in total. The van der Waals surface area contributed by atoms with E-state index in [1.807, 2.05) is 60.7 Å². The van der Waals surface area contributed by atoms with E-state index in [1.165, 1.54) is 0 Å². The summed E-state index contributed by atoms with van der Waals surface area (Å²) in [6.45, 7) is 1.75. The molecule has 0 aliphatic heterocycles. The zero-order valence-corrected chi connectivity index (χ0v) is 12.6. The number of carbonyl (C=O) groups excluding carboxylic acids is 1. The topological polar surface area (TPSA) is 67.5 Å². The first-order valence-electron chi connectivity index (χ1n) is 7.16. The third-order valence-electron chi connectivity index (χ3n) is 3.22. The Labute approximate surface area is 133 Å². The zero-order chi connectivity index (χ0) is 16.1. The first kappa shape index (κ1) is 14.7. The Balaban J connectivity index is 1.91. The molecule has 0 bridgehead atoms. The van der Waals surface area contributed by atoms with Gasteiger partial charge in [0.25, 0.3) is 0 Å². The van der Waals surface area contributed by atoms with Crippen LogP contribution in [0.1, 0.15) is 27.4 Å². The molecule has 0 fully saturated rings. The number of amides is 1. The summed E-state index contributed by atoms with van der Waals surface area (Å²) in [4.78, 5) is 12.1. The van der Waals surface area contributed by atoms with Crippen LogP contribution in [-0.2, 0) is 0 Å². The van der Waals surface area contributed by atoms with E-state index in [-0.39, 0.29) is 5.76 Å². The highest BCUT2D eigenvalue weighted by Gasteiger charge is 2.12. The second-order valence-corrected chi connectivity index (χ2v) is 4.97. The molecule has 1 heterocycles. The highest BCUT2D eigenvalue weighted by atomic mass is 16.5. The number of aryl methyl sites for hydroxylation is 1. The van der Waals surface area contributed by atoms with Crippen LogP contribution in [0.4, 0.5) is 0 Å². The fourth-order valence-corrected chi connectivity index (χ4v) is 2.12. The predicted molar refractivity (Wildman–Crippen MR) is 87.2 cm³/mol. The van der Waals surface area contributed by atoms with Gasteiger partial charge in [0.1, 0.15) is 0 Å². The molecule has 0 radical (unpaired) electrons. The molecule has 0 unspecified atom stereocenters. The number of hydrazone groups is 1. The molecule has 0 aliphatic carbocycles. The van der Waals surface area contributed by atoms with Crippen molar-refractivity contribution in [2.45, 2.75) is 6.92 Å². The predicted octanol–water partition coefficient (Wildman–Crippen LogP) is 3.17. The van der Waals surface area contributed by atoms with Crippen LogP contribution in [0.15, 0.2) is 76.4 Å². The summed E-state index contributed by atoms with van der Waals surface area (Å²) < 4.78 is 4.94. The van der Waals surface area contributed by atoms with E-state index in [0.717, 1.165) is 11.1 Å². The molecule has 3 aromatic rings. The summed E-state index contributed by atoms with van der Waals surface area (Å²) in [6, 6.07) is 20.9. The van der Waals surface area contributed by atoms with Crippen molar-refractivity contribution in [3.8, 4) is 0 Å². The van der Waals surface area contributed by atoms with Gasteiger partial charge in [-0.3, -0.25) is 4.79 Å². The Bertz CT molecular complexity index is 782. The maximum atomic E-state index is 12.1. The van der Waals surface area contributed by atoms with Crippen molar-refractivity contribution in [2.24, 2.45) is 5.10 Å². The Kier molecular flexibility index (Phi) is 4.29. The normalized spacial score (nSPS) is 10.1. The fourth-order valence-electron chi connectivity index (χ4n) is 2.12. The van der Waals surface area contributed by atoms with Crippen LogP contribution in [0.25, 0.3) is 0 Å². The fraction of sp³-hybridized carbons (Fsp3) is 0.0556. The van der Waals surface area contributed by atoms with Gasteiger partial charge in [-0.1, -0.05) is 65.8 Å². The van der Waals surface area contributed by atoms with Crippen molar-refractivity contribution in [1.29, 1.82) is 0 Å². The molecule has 0 aliphatic rings. The molecule has 3 rings (SSSR count). The molecule has 2 aromatic carbocycles. The molecular formula is C18H15N3O2. The Morgan fingerprint density at radius 3 is 2.04 bits per heavy atom. The van der Waals surface area contributed by atoms with Crippen molar-refractivity contribution in [2.75, 3.05) is 0 Å². The maximum absolute atomic E-state index is 12.1. The van der Waals surface area contributed by atoms with E-state index in [9.17, 15) is 4.79 Å². The molecule has 0 saturated carbocycles. The minimum absolute atomic E-state index is 0.131. The average molecular weight is 305 g/mol. The van der Waals surface area contributed by atoms with Crippen LogP contribution in [0.5, 0.6) is 0 Å². The summed E-state index contributed by atoms with van der Waals surface area (Å²) in [6.07, 6.45) is 0. The van der Waals surface area contributed by atoms with Gasteiger partial charge in [-0.2, -0.15) is 5.10 Å². The largest absolute Gasteiger partial charge is 0.351 e. The third kappa shape index (κ3) is 3.52. The summed E-state index contributed by atoms with van der Waals surface area (Å²) in [5.41, 5.74) is 5.67. The second-order valence-electron chi connectivity index (χ2n) is 4.97. The number of nitrogens with one attached hydrogen (secondary N) is 1. The van der Waals surface area contributed by atoms with Crippen molar-refractivity contribution >= 4 is 11.6 Å². The standard InChI is InChI=1S/C18H15N3O2/c1-13-12-16(23-21-13)18(22)20-19-17(14-8-4-2-5-9-14)15-10-6-3-7-11-15/h2-12H,1H3,(H,20,22). The molecule has 23 heavy (non-hydrogen) atoms.